The van der Waals surface area contributed by atoms with E-state index in [1.807, 2.05) is 48.5 Å². The minimum absolute atomic E-state index is 0.166. The summed E-state index contributed by atoms with van der Waals surface area (Å²) in [5, 5.41) is 2.90. The number of amides is 2. The summed E-state index contributed by atoms with van der Waals surface area (Å²) in [5.41, 5.74) is 2.18. The molecule has 0 fully saturated rings. The monoisotopic (exact) mass is 405 g/mol. The summed E-state index contributed by atoms with van der Waals surface area (Å²) < 4.78 is 13.3. The van der Waals surface area contributed by atoms with E-state index >= 15 is 0 Å². The minimum Gasteiger partial charge on any atom is -0.348 e. The van der Waals surface area contributed by atoms with E-state index in [0.29, 0.717) is 5.56 Å². The Kier molecular flexibility index (Phi) is 7.27. The second-order valence-corrected chi connectivity index (χ2v) is 6.85. The number of halogens is 1. The Balaban J connectivity index is 1.89. The van der Waals surface area contributed by atoms with Gasteiger partial charge in [-0.25, -0.2) is 4.39 Å². The predicted octanol–water partition coefficient (Wildman–Crippen LogP) is 4.02. The molecule has 2 aromatic carbocycles. The van der Waals surface area contributed by atoms with Gasteiger partial charge >= 0.3 is 0 Å². The molecule has 154 valence electrons. The molecule has 1 N–H and O–H groups in total. The van der Waals surface area contributed by atoms with Crippen molar-refractivity contribution in [1.29, 1.82) is 0 Å². The zero-order valence-electron chi connectivity index (χ0n) is 16.8. The molecule has 0 unspecified atom stereocenters. The van der Waals surface area contributed by atoms with Crippen LogP contribution >= 0.6 is 0 Å². The third-order valence-electron chi connectivity index (χ3n) is 4.73. The van der Waals surface area contributed by atoms with Crippen molar-refractivity contribution in [3.8, 4) is 0 Å². The summed E-state index contributed by atoms with van der Waals surface area (Å²) in [6.45, 7) is 2.21. The average molecular weight is 405 g/mol. The molecule has 2 amide bonds. The van der Waals surface area contributed by atoms with Crippen LogP contribution in [0.25, 0.3) is 0 Å². The van der Waals surface area contributed by atoms with Gasteiger partial charge in [-0.15, -0.1) is 0 Å². The molecule has 1 atom stereocenters. The van der Waals surface area contributed by atoms with Crippen LogP contribution in [0.4, 0.5) is 4.39 Å². The highest BCUT2D eigenvalue weighted by Gasteiger charge is 2.30. The van der Waals surface area contributed by atoms with Gasteiger partial charge in [0, 0.05) is 19.2 Å². The van der Waals surface area contributed by atoms with Crippen molar-refractivity contribution in [2.45, 2.75) is 32.5 Å². The molecule has 0 bridgehead atoms. The molecule has 0 spiro atoms. The highest BCUT2D eigenvalue weighted by atomic mass is 19.1. The van der Waals surface area contributed by atoms with E-state index in [9.17, 15) is 14.0 Å². The van der Waals surface area contributed by atoms with E-state index in [1.54, 1.807) is 25.3 Å². The van der Waals surface area contributed by atoms with Gasteiger partial charge in [0.15, 0.2) is 0 Å². The van der Waals surface area contributed by atoms with Gasteiger partial charge < -0.3 is 10.2 Å². The summed E-state index contributed by atoms with van der Waals surface area (Å²) >= 11 is 0. The SMILES string of the molecule is CCC(=O)N(Cc1ccc(F)cc1)[C@H](C(=O)NCc1ccccn1)c1ccccc1. The van der Waals surface area contributed by atoms with Crippen molar-refractivity contribution in [1.82, 2.24) is 15.2 Å². The summed E-state index contributed by atoms with van der Waals surface area (Å²) in [4.78, 5) is 31.8. The number of pyridine rings is 1. The molecular formula is C24H24FN3O2. The molecule has 0 saturated heterocycles. The molecule has 3 rings (SSSR count). The lowest BCUT2D eigenvalue weighted by Crippen LogP contribution is -2.43. The summed E-state index contributed by atoms with van der Waals surface area (Å²) in [7, 11) is 0. The second-order valence-electron chi connectivity index (χ2n) is 6.85. The number of hydrogen-bond donors (Lipinski definition) is 1. The van der Waals surface area contributed by atoms with Gasteiger partial charge in [-0.3, -0.25) is 14.6 Å². The lowest BCUT2D eigenvalue weighted by Gasteiger charge is -2.31. The summed E-state index contributed by atoms with van der Waals surface area (Å²) in [6, 6.07) is 19.8. The van der Waals surface area contributed by atoms with Crippen molar-refractivity contribution in [2.24, 2.45) is 0 Å². The molecule has 3 aromatic rings. The number of carbonyl (C=O) groups is 2. The van der Waals surface area contributed by atoms with Gasteiger partial charge in [0.05, 0.1) is 12.2 Å². The lowest BCUT2D eigenvalue weighted by atomic mass is 10.0. The Morgan fingerprint density at radius 3 is 2.33 bits per heavy atom. The molecule has 0 radical (unpaired) electrons. The van der Waals surface area contributed by atoms with Crippen LogP contribution in [0.5, 0.6) is 0 Å². The largest absolute Gasteiger partial charge is 0.348 e. The first kappa shape index (κ1) is 21.2. The normalized spacial score (nSPS) is 11.5. The number of aromatic nitrogens is 1. The van der Waals surface area contributed by atoms with Gasteiger partial charge in [-0.2, -0.15) is 0 Å². The van der Waals surface area contributed by atoms with Crippen LogP contribution in [0, 0.1) is 5.82 Å². The van der Waals surface area contributed by atoms with Crippen molar-refractivity contribution in [3.05, 3.63) is 102 Å². The molecule has 5 nitrogen and oxygen atoms in total. The van der Waals surface area contributed by atoms with E-state index in [-0.39, 0.29) is 37.1 Å². The Bertz CT molecular complexity index is 963. The maximum absolute atomic E-state index is 13.3. The highest BCUT2D eigenvalue weighted by Crippen LogP contribution is 2.25. The first-order valence-corrected chi connectivity index (χ1v) is 9.85. The van der Waals surface area contributed by atoms with Crippen molar-refractivity contribution >= 4 is 11.8 Å². The maximum atomic E-state index is 13.3. The Morgan fingerprint density at radius 2 is 1.70 bits per heavy atom. The third kappa shape index (κ3) is 5.50. The molecule has 1 heterocycles. The Labute approximate surface area is 175 Å². The van der Waals surface area contributed by atoms with Crippen molar-refractivity contribution in [2.75, 3.05) is 0 Å². The van der Waals surface area contributed by atoms with Crippen molar-refractivity contribution < 1.29 is 14.0 Å². The summed E-state index contributed by atoms with van der Waals surface area (Å²) in [5.74, 6) is -0.809. The van der Waals surface area contributed by atoms with Crippen LogP contribution < -0.4 is 5.32 Å². The number of nitrogens with zero attached hydrogens (tertiary/aromatic N) is 2. The van der Waals surface area contributed by atoms with E-state index in [4.69, 9.17) is 0 Å². The molecule has 0 saturated carbocycles. The number of hydrogen-bond acceptors (Lipinski definition) is 3. The predicted molar refractivity (Wildman–Crippen MR) is 113 cm³/mol. The fraction of sp³-hybridized carbons (Fsp3) is 0.208. The quantitative estimate of drug-likeness (QED) is 0.616. The third-order valence-corrected chi connectivity index (χ3v) is 4.73. The van der Waals surface area contributed by atoms with Crippen LogP contribution in [0.15, 0.2) is 79.0 Å². The first-order valence-electron chi connectivity index (χ1n) is 9.85. The average Bonchev–Trinajstić information content (AvgIpc) is 2.79. The van der Waals surface area contributed by atoms with Gasteiger partial charge in [-0.1, -0.05) is 55.5 Å². The Hall–Kier alpha value is -3.54. The standard InChI is InChI=1S/C24H24FN3O2/c1-2-22(29)28(17-18-11-13-20(25)14-12-18)23(19-8-4-3-5-9-19)24(30)27-16-21-10-6-7-15-26-21/h3-15,23H,2,16-17H2,1H3,(H,27,30)/t23-/m0/s1. The van der Waals surface area contributed by atoms with Crippen LogP contribution in [-0.4, -0.2) is 21.7 Å². The van der Waals surface area contributed by atoms with E-state index in [2.05, 4.69) is 10.3 Å². The molecule has 30 heavy (non-hydrogen) atoms. The Morgan fingerprint density at radius 1 is 1.00 bits per heavy atom. The number of benzene rings is 2. The highest BCUT2D eigenvalue weighted by molar-refractivity contribution is 5.88. The van der Waals surface area contributed by atoms with E-state index in [0.717, 1.165) is 11.3 Å². The molecule has 6 heteroatoms. The van der Waals surface area contributed by atoms with Gasteiger partial charge in [-0.05, 0) is 35.4 Å². The molecule has 1 aromatic heterocycles. The fourth-order valence-corrected chi connectivity index (χ4v) is 3.20. The molecule has 0 aliphatic rings. The van der Waals surface area contributed by atoms with Crippen LogP contribution in [-0.2, 0) is 22.7 Å². The van der Waals surface area contributed by atoms with Crippen molar-refractivity contribution in [3.63, 3.8) is 0 Å². The minimum atomic E-state index is -0.813. The van der Waals surface area contributed by atoms with E-state index < -0.39 is 6.04 Å². The lowest BCUT2D eigenvalue weighted by molar-refractivity contribution is -0.141. The molecular weight excluding hydrogens is 381 g/mol. The van der Waals surface area contributed by atoms with E-state index in [1.165, 1.54) is 17.0 Å². The van der Waals surface area contributed by atoms with Gasteiger partial charge in [0.25, 0.3) is 0 Å². The number of rotatable bonds is 8. The zero-order valence-corrected chi connectivity index (χ0v) is 16.8. The molecule has 0 aliphatic heterocycles. The second kappa shape index (κ2) is 10.3. The fourth-order valence-electron chi connectivity index (χ4n) is 3.20. The van der Waals surface area contributed by atoms with Crippen LogP contribution in [0.1, 0.15) is 36.2 Å². The van der Waals surface area contributed by atoms with Crippen LogP contribution in [0.3, 0.4) is 0 Å². The van der Waals surface area contributed by atoms with Gasteiger partial charge in [0.2, 0.25) is 11.8 Å². The smallest absolute Gasteiger partial charge is 0.247 e. The molecule has 0 aliphatic carbocycles. The topological polar surface area (TPSA) is 62.3 Å². The first-order chi connectivity index (χ1) is 14.6. The summed E-state index contributed by atoms with van der Waals surface area (Å²) in [6.07, 6.45) is 1.91. The maximum Gasteiger partial charge on any atom is 0.247 e. The number of nitrogens with one attached hydrogen (secondary N) is 1. The van der Waals surface area contributed by atoms with Gasteiger partial charge in [0.1, 0.15) is 11.9 Å². The zero-order chi connectivity index (χ0) is 21.3. The number of carbonyl (C=O) groups excluding carboxylic acids is 2. The van der Waals surface area contributed by atoms with Crippen LogP contribution in [0.2, 0.25) is 0 Å².